The predicted octanol–water partition coefficient (Wildman–Crippen LogP) is 0.643. The van der Waals surface area contributed by atoms with Crippen molar-refractivity contribution in [3.8, 4) is 0 Å². The molecule has 0 spiro atoms. The van der Waals surface area contributed by atoms with Crippen molar-refractivity contribution in [3.05, 3.63) is 34.2 Å². The highest BCUT2D eigenvalue weighted by molar-refractivity contribution is 5.78. The summed E-state index contributed by atoms with van der Waals surface area (Å²) in [6.45, 7) is 2.58. The summed E-state index contributed by atoms with van der Waals surface area (Å²) in [4.78, 5) is 28.2. The second-order valence-corrected chi connectivity index (χ2v) is 4.53. The molecule has 0 bridgehead atoms. The van der Waals surface area contributed by atoms with Gasteiger partial charge in [-0.15, -0.1) is 0 Å². The van der Waals surface area contributed by atoms with Crippen LogP contribution < -0.4 is 16.3 Å². The molecule has 0 aliphatic heterocycles. The first kappa shape index (κ1) is 13.4. The minimum atomic E-state index is -0.224. The highest BCUT2D eigenvalue weighted by Gasteiger charge is 2.10. The van der Waals surface area contributed by atoms with E-state index in [1.54, 1.807) is 0 Å². The lowest BCUT2D eigenvalue weighted by Gasteiger charge is -2.14. The zero-order chi connectivity index (χ0) is 13.8. The third-order valence-corrected chi connectivity index (χ3v) is 3.02. The molecule has 0 fully saturated rings. The monoisotopic (exact) mass is 262 g/mol. The van der Waals surface area contributed by atoms with Crippen molar-refractivity contribution in [3.63, 3.8) is 0 Å². The van der Waals surface area contributed by atoms with Crippen LogP contribution in [0.4, 0.5) is 0 Å². The summed E-state index contributed by atoms with van der Waals surface area (Å²) in [6, 6.07) is 5.51. The molecule has 0 saturated carbocycles. The van der Waals surface area contributed by atoms with E-state index in [0.29, 0.717) is 13.0 Å². The maximum absolute atomic E-state index is 11.6. The molecule has 2 rings (SSSR count). The van der Waals surface area contributed by atoms with Crippen molar-refractivity contribution in [2.45, 2.75) is 19.4 Å². The molecule has 0 aliphatic rings. The highest BCUT2D eigenvalue weighted by Crippen LogP contribution is 2.16. The van der Waals surface area contributed by atoms with Crippen molar-refractivity contribution >= 4 is 16.9 Å². The van der Waals surface area contributed by atoms with E-state index in [-0.39, 0.29) is 17.6 Å². The number of hydrogen-bond donors (Lipinski definition) is 4. The van der Waals surface area contributed by atoms with Gasteiger partial charge in [0, 0.05) is 13.0 Å². The molecule has 1 unspecified atom stereocenters. The van der Waals surface area contributed by atoms with Crippen LogP contribution in [-0.4, -0.2) is 29.5 Å². The van der Waals surface area contributed by atoms with Crippen LogP contribution in [0.25, 0.3) is 11.0 Å². The number of fused-ring (bicyclic) bond motifs is 1. The SMILES string of the molecule is CNCCC(=O)NC(C)c1ccc2[nH]c(=O)[nH]c2c1. The topological polar surface area (TPSA) is 89.8 Å². The lowest BCUT2D eigenvalue weighted by atomic mass is 10.1. The van der Waals surface area contributed by atoms with Crippen LogP contribution in [0, 0.1) is 0 Å². The second kappa shape index (κ2) is 5.71. The summed E-state index contributed by atoms with van der Waals surface area (Å²) < 4.78 is 0. The molecule has 2 aromatic rings. The summed E-state index contributed by atoms with van der Waals surface area (Å²) in [6.07, 6.45) is 0.448. The van der Waals surface area contributed by atoms with Crippen molar-refractivity contribution in [2.75, 3.05) is 13.6 Å². The Morgan fingerprint density at radius 2 is 2.05 bits per heavy atom. The van der Waals surface area contributed by atoms with Crippen LogP contribution in [0.15, 0.2) is 23.0 Å². The molecular formula is C13H18N4O2. The van der Waals surface area contributed by atoms with E-state index in [1.807, 2.05) is 32.2 Å². The van der Waals surface area contributed by atoms with Gasteiger partial charge in [-0.25, -0.2) is 4.79 Å². The van der Waals surface area contributed by atoms with Crippen LogP contribution >= 0.6 is 0 Å². The number of benzene rings is 1. The Labute approximate surface area is 110 Å². The average molecular weight is 262 g/mol. The van der Waals surface area contributed by atoms with Gasteiger partial charge >= 0.3 is 5.69 Å². The molecule has 1 atom stereocenters. The average Bonchev–Trinajstić information content (AvgIpc) is 2.75. The van der Waals surface area contributed by atoms with Crippen molar-refractivity contribution < 1.29 is 4.79 Å². The number of nitrogens with one attached hydrogen (secondary N) is 4. The molecule has 1 amide bonds. The number of carbonyl (C=O) groups excluding carboxylic acids is 1. The van der Waals surface area contributed by atoms with E-state index in [2.05, 4.69) is 20.6 Å². The Morgan fingerprint density at radius 1 is 1.32 bits per heavy atom. The van der Waals surface area contributed by atoms with Crippen LogP contribution in [0.2, 0.25) is 0 Å². The van der Waals surface area contributed by atoms with E-state index < -0.39 is 0 Å². The zero-order valence-electron chi connectivity index (χ0n) is 11.0. The number of aromatic nitrogens is 2. The van der Waals surface area contributed by atoms with Gasteiger partial charge in [-0.3, -0.25) is 4.79 Å². The lowest BCUT2D eigenvalue weighted by Crippen LogP contribution is -2.29. The first-order valence-electron chi connectivity index (χ1n) is 6.26. The lowest BCUT2D eigenvalue weighted by molar-refractivity contribution is -0.121. The maximum Gasteiger partial charge on any atom is 0.323 e. The second-order valence-electron chi connectivity index (χ2n) is 4.53. The Hall–Kier alpha value is -2.08. The van der Waals surface area contributed by atoms with Gasteiger partial charge in [-0.2, -0.15) is 0 Å². The Bertz CT molecular complexity index is 629. The smallest absolute Gasteiger partial charge is 0.323 e. The molecule has 6 nitrogen and oxygen atoms in total. The van der Waals surface area contributed by atoms with Crippen molar-refractivity contribution in [1.29, 1.82) is 0 Å². The van der Waals surface area contributed by atoms with E-state index in [0.717, 1.165) is 16.6 Å². The summed E-state index contributed by atoms with van der Waals surface area (Å²) in [5, 5.41) is 5.86. The zero-order valence-corrected chi connectivity index (χ0v) is 11.0. The summed E-state index contributed by atoms with van der Waals surface area (Å²) in [5.74, 6) is 0.00418. The molecule has 0 radical (unpaired) electrons. The number of amides is 1. The third-order valence-electron chi connectivity index (χ3n) is 3.02. The number of H-pyrrole nitrogens is 2. The first-order valence-corrected chi connectivity index (χ1v) is 6.26. The van der Waals surface area contributed by atoms with Crippen LogP contribution in [0.5, 0.6) is 0 Å². The van der Waals surface area contributed by atoms with E-state index >= 15 is 0 Å². The Morgan fingerprint density at radius 3 is 2.79 bits per heavy atom. The minimum Gasteiger partial charge on any atom is -0.350 e. The fraction of sp³-hybridized carbons (Fsp3) is 0.385. The molecule has 1 heterocycles. The number of imidazole rings is 1. The van der Waals surface area contributed by atoms with Gasteiger partial charge in [0.1, 0.15) is 0 Å². The number of hydrogen-bond acceptors (Lipinski definition) is 3. The molecule has 1 aromatic heterocycles. The Kier molecular flexibility index (Phi) is 4.01. The van der Waals surface area contributed by atoms with Gasteiger partial charge in [0.15, 0.2) is 0 Å². The summed E-state index contributed by atoms with van der Waals surface area (Å²) in [7, 11) is 1.81. The third kappa shape index (κ3) is 3.23. The van der Waals surface area contributed by atoms with Gasteiger partial charge in [0.25, 0.3) is 0 Å². The first-order chi connectivity index (χ1) is 9.10. The van der Waals surface area contributed by atoms with Crippen molar-refractivity contribution in [2.24, 2.45) is 0 Å². The van der Waals surface area contributed by atoms with Crippen LogP contribution in [0.1, 0.15) is 24.9 Å². The predicted molar refractivity (Wildman–Crippen MR) is 74.0 cm³/mol. The van der Waals surface area contributed by atoms with Gasteiger partial charge in [-0.05, 0) is 31.7 Å². The van der Waals surface area contributed by atoms with E-state index in [9.17, 15) is 9.59 Å². The van der Waals surface area contributed by atoms with Gasteiger partial charge in [-0.1, -0.05) is 6.07 Å². The molecule has 102 valence electrons. The van der Waals surface area contributed by atoms with Crippen molar-refractivity contribution in [1.82, 2.24) is 20.6 Å². The quantitative estimate of drug-likeness (QED) is 0.637. The molecule has 4 N–H and O–H groups in total. The molecule has 0 saturated heterocycles. The summed E-state index contributed by atoms with van der Waals surface area (Å²) in [5.41, 5.74) is 2.25. The maximum atomic E-state index is 11.6. The normalized spacial score (nSPS) is 12.5. The fourth-order valence-corrected chi connectivity index (χ4v) is 1.96. The molecule has 1 aromatic carbocycles. The largest absolute Gasteiger partial charge is 0.350 e. The van der Waals surface area contributed by atoms with E-state index in [4.69, 9.17) is 0 Å². The number of aromatic amines is 2. The van der Waals surface area contributed by atoms with Crippen LogP contribution in [0.3, 0.4) is 0 Å². The Balaban J connectivity index is 2.10. The molecular weight excluding hydrogens is 244 g/mol. The van der Waals surface area contributed by atoms with E-state index in [1.165, 1.54) is 0 Å². The standard InChI is InChI=1S/C13H18N4O2/c1-8(15-12(18)5-6-14-2)9-3-4-10-11(7-9)17-13(19)16-10/h3-4,7-8,14H,5-6H2,1-2H3,(H,15,18)(H2,16,17,19). The minimum absolute atomic E-state index is 0.00418. The van der Waals surface area contributed by atoms with Gasteiger partial charge in [0.2, 0.25) is 5.91 Å². The molecule has 0 aliphatic carbocycles. The molecule has 6 heteroatoms. The highest BCUT2D eigenvalue weighted by atomic mass is 16.1. The van der Waals surface area contributed by atoms with Gasteiger partial charge < -0.3 is 20.6 Å². The summed E-state index contributed by atoms with van der Waals surface area (Å²) >= 11 is 0. The number of rotatable bonds is 5. The fourth-order valence-electron chi connectivity index (χ4n) is 1.96. The number of carbonyl (C=O) groups is 1. The van der Waals surface area contributed by atoms with Gasteiger partial charge in [0.05, 0.1) is 17.1 Å². The van der Waals surface area contributed by atoms with Crippen LogP contribution in [-0.2, 0) is 4.79 Å². The molecule has 19 heavy (non-hydrogen) atoms.